The van der Waals surface area contributed by atoms with Crippen molar-refractivity contribution in [3.63, 3.8) is 0 Å². The third-order valence-corrected chi connectivity index (χ3v) is 7.18. The van der Waals surface area contributed by atoms with Gasteiger partial charge in [-0.25, -0.2) is 9.59 Å². The van der Waals surface area contributed by atoms with Crippen LogP contribution in [0.5, 0.6) is 5.75 Å². The number of nitrogens with one attached hydrogen (secondary N) is 1. The van der Waals surface area contributed by atoms with Crippen LogP contribution in [0.3, 0.4) is 0 Å². The number of carboxylic acids is 1. The second-order valence-electron chi connectivity index (χ2n) is 9.17. The van der Waals surface area contributed by atoms with E-state index in [9.17, 15) is 14.7 Å². The summed E-state index contributed by atoms with van der Waals surface area (Å²) < 4.78 is 16.7. The molecule has 1 aliphatic rings. The number of carbonyl (C=O) groups excluding carboxylic acids is 1. The Morgan fingerprint density at radius 1 is 0.795 bits per heavy atom. The van der Waals surface area contributed by atoms with E-state index < -0.39 is 18.1 Å². The molecule has 0 aliphatic heterocycles. The van der Waals surface area contributed by atoms with E-state index in [0.717, 1.165) is 33.4 Å². The molecular formula is C31H28NO6P. The SMILES string of the molecule is O=C(N[C@@H](Cc1ccc(OPOCc2ccccc2)cc1)C(=O)O)OCC1c2ccccc2-c2ccccc21. The van der Waals surface area contributed by atoms with Crippen molar-refractivity contribution in [2.24, 2.45) is 0 Å². The van der Waals surface area contributed by atoms with E-state index in [0.29, 0.717) is 12.4 Å². The van der Waals surface area contributed by atoms with Gasteiger partial charge < -0.3 is 24.2 Å². The Morgan fingerprint density at radius 3 is 2.05 bits per heavy atom. The van der Waals surface area contributed by atoms with E-state index >= 15 is 0 Å². The summed E-state index contributed by atoms with van der Waals surface area (Å²) in [5.41, 5.74) is 6.24. The van der Waals surface area contributed by atoms with Gasteiger partial charge in [-0.2, -0.15) is 0 Å². The van der Waals surface area contributed by atoms with E-state index in [1.807, 2.05) is 66.7 Å². The number of hydrogen-bond donors (Lipinski definition) is 2. The van der Waals surface area contributed by atoms with Crippen LogP contribution in [-0.2, 0) is 27.1 Å². The number of fused-ring (bicyclic) bond motifs is 3. The third-order valence-electron chi connectivity index (χ3n) is 6.60. The number of carbonyl (C=O) groups is 2. The molecule has 1 amide bonds. The zero-order valence-corrected chi connectivity index (χ0v) is 22.1. The van der Waals surface area contributed by atoms with Gasteiger partial charge in [-0.3, -0.25) is 0 Å². The average molecular weight is 542 g/mol. The molecule has 39 heavy (non-hydrogen) atoms. The van der Waals surface area contributed by atoms with Gasteiger partial charge in [0.05, 0.1) is 6.61 Å². The summed E-state index contributed by atoms with van der Waals surface area (Å²) in [6.07, 6.45) is -0.659. The molecule has 8 heteroatoms. The first-order valence-electron chi connectivity index (χ1n) is 12.6. The number of amides is 1. The molecule has 7 nitrogen and oxygen atoms in total. The Morgan fingerprint density at radius 2 is 1.41 bits per heavy atom. The smallest absolute Gasteiger partial charge is 0.407 e. The normalized spacial score (nSPS) is 13.0. The largest absolute Gasteiger partial charge is 0.480 e. The van der Waals surface area contributed by atoms with Gasteiger partial charge in [0, 0.05) is 12.3 Å². The molecule has 4 aromatic rings. The van der Waals surface area contributed by atoms with Crippen molar-refractivity contribution in [2.45, 2.75) is 25.0 Å². The summed E-state index contributed by atoms with van der Waals surface area (Å²) in [6.45, 7) is 0.574. The molecule has 2 N–H and O–H groups in total. The minimum Gasteiger partial charge on any atom is -0.480 e. The molecule has 0 radical (unpaired) electrons. The van der Waals surface area contributed by atoms with Crippen LogP contribution >= 0.6 is 9.03 Å². The zero-order chi connectivity index (χ0) is 27.0. The fraction of sp³-hybridized carbons (Fsp3) is 0.161. The van der Waals surface area contributed by atoms with Crippen LogP contribution in [0.4, 0.5) is 4.79 Å². The zero-order valence-electron chi connectivity index (χ0n) is 21.1. The maximum atomic E-state index is 12.6. The Hall–Kier alpha value is -4.19. The highest BCUT2D eigenvalue weighted by Gasteiger charge is 2.29. The Labute approximate surface area is 228 Å². The Kier molecular flexibility index (Phi) is 8.51. The number of hydrogen-bond acceptors (Lipinski definition) is 5. The van der Waals surface area contributed by atoms with E-state index in [4.69, 9.17) is 13.8 Å². The highest BCUT2D eigenvalue weighted by molar-refractivity contribution is 7.26. The van der Waals surface area contributed by atoms with Gasteiger partial charge in [0.15, 0.2) is 0 Å². The number of alkyl carbamates (subject to hydrolysis) is 1. The summed E-state index contributed by atoms with van der Waals surface area (Å²) in [4.78, 5) is 24.5. The van der Waals surface area contributed by atoms with Crippen LogP contribution in [0.1, 0.15) is 28.2 Å². The average Bonchev–Trinajstić information content (AvgIpc) is 3.29. The van der Waals surface area contributed by atoms with Gasteiger partial charge in [0.2, 0.25) is 9.03 Å². The van der Waals surface area contributed by atoms with Gasteiger partial charge in [0.1, 0.15) is 18.4 Å². The standard InChI is InChI=1S/C31H28NO6P/c33-30(34)29(18-21-14-16-23(17-15-21)38-39-37-19-22-8-2-1-3-9-22)32-31(35)36-20-28-26-12-6-4-10-24(26)25-11-5-7-13-27(25)28/h1-17,28-29,39H,18-20H2,(H,32,35)(H,33,34)/t29-/m0/s1. The molecule has 198 valence electrons. The topological polar surface area (TPSA) is 94.1 Å². The highest BCUT2D eigenvalue weighted by atomic mass is 31.1. The number of benzene rings is 4. The highest BCUT2D eigenvalue weighted by Crippen LogP contribution is 2.44. The fourth-order valence-electron chi connectivity index (χ4n) is 4.68. The van der Waals surface area contributed by atoms with E-state index in [1.165, 1.54) is 0 Å². The molecule has 1 unspecified atom stereocenters. The molecule has 5 rings (SSSR count). The second kappa shape index (κ2) is 12.6. The van der Waals surface area contributed by atoms with E-state index in [2.05, 4.69) is 17.4 Å². The molecule has 0 heterocycles. The van der Waals surface area contributed by atoms with Crippen molar-refractivity contribution in [3.05, 3.63) is 125 Å². The molecule has 0 saturated carbocycles. The maximum Gasteiger partial charge on any atom is 0.407 e. The van der Waals surface area contributed by atoms with Gasteiger partial charge in [0.25, 0.3) is 0 Å². The summed E-state index contributed by atoms with van der Waals surface area (Å²) in [5.74, 6) is -0.627. The first-order valence-corrected chi connectivity index (χ1v) is 13.4. The first-order chi connectivity index (χ1) is 19.1. The lowest BCUT2D eigenvalue weighted by atomic mass is 9.98. The Balaban J connectivity index is 1.12. The van der Waals surface area contributed by atoms with Crippen molar-refractivity contribution < 1.29 is 28.5 Å². The number of aliphatic carboxylic acids is 1. The van der Waals surface area contributed by atoms with Gasteiger partial charge in [-0.1, -0.05) is 91.0 Å². The predicted octanol–water partition coefficient (Wildman–Crippen LogP) is 6.33. The van der Waals surface area contributed by atoms with Crippen molar-refractivity contribution in [1.29, 1.82) is 0 Å². The van der Waals surface area contributed by atoms with E-state index in [-0.39, 0.29) is 28.0 Å². The maximum absolute atomic E-state index is 12.6. The molecule has 2 atom stereocenters. The molecule has 0 spiro atoms. The van der Waals surface area contributed by atoms with Gasteiger partial charge in [-0.05, 0) is 45.5 Å². The molecular weight excluding hydrogens is 513 g/mol. The summed E-state index contributed by atoms with van der Waals surface area (Å²) in [7, 11) is -0.168. The van der Waals surface area contributed by atoms with Crippen LogP contribution in [0.25, 0.3) is 11.1 Å². The summed E-state index contributed by atoms with van der Waals surface area (Å²) in [5, 5.41) is 12.2. The minimum atomic E-state index is -1.14. The second-order valence-corrected chi connectivity index (χ2v) is 9.83. The van der Waals surface area contributed by atoms with Crippen LogP contribution < -0.4 is 9.84 Å². The number of rotatable bonds is 11. The van der Waals surface area contributed by atoms with Crippen molar-refractivity contribution in [3.8, 4) is 16.9 Å². The van der Waals surface area contributed by atoms with Crippen LogP contribution in [0, 0.1) is 0 Å². The van der Waals surface area contributed by atoms with Gasteiger partial charge in [-0.15, -0.1) is 0 Å². The van der Waals surface area contributed by atoms with Crippen LogP contribution in [-0.4, -0.2) is 29.8 Å². The monoisotopic (exact) mass is 541 g/mol. The molecule has 0 aromatic heterocycles. The van der Waals surface area contributed by atoms with E-state index in [1.54, 1.807) is 24.3 Å². The van der Waals surface area contributed by atoms with Crippen molar-refractivity contribution >= 4 is 21.1 Å². The lowest BCUT2D eigenvalue weighted by molar-refractivity contribution is -0.139. The predicted molar refractivity (Wildman–Crippen MR) is 150 cm³/mol. The third kappa shape index (κ3) is 6.63. The minimum absolute atomic E-state index is 0.101. The molecule has 0 fully saturated rings. The fourth-order valence-corrected chi connectivity index (χ4v) is 5.19. The molecule has 0 bridgehead atoms. The summed E-state index contributed by atoms with van der Waals surface area (Å²) >= 11 is 0. The number of ether oxygens (including phenoxy) is 1. The first kappa shape index (κ1) is 26.4. The van der Waals surface area contributed by atoms with Gasteiger partial charge >= 0.3 is 12.1 Å². The van der Waals surface area contributed by atoms with Crippen LogP contribution in [0.15, 0.2) is 103 Å². The lowest BCUT2D eigenvalue weighted by Crippen LogP contribution is -2.42. The molecule has 1 aliphatic carbocycles. The Bertz CT molecular complexity index is 1380. The summed E-state index contributed by atoms with van der Waals surface area (Å²) in [6, 6.07) is 31.8. The molecule has 0 saturated heterocycles. The number of carboxylic acid groups (broad SMARTS) is 1. The van der Waals surface area contributed by atoms with Crippen LogP contribution in [0.2, 0.25) is 0 Å². The quantitative estimate of drug-likeness (QED) is 0.170. The lowest BCUT2D eigenvalue weighted by Gasteiger charge is -2.17. The molecule has 4 aromatic carbocycles. The van der Waals surface area contributed by atoms with Crippen molar-refractivity contribution in [1.82, 2.24) is 5.32 Å². The van der Waals surface area contributed by atoms with Crippen molar-refractivity contribution in [2.75, 3.05) is 6.61 Å².